The summed E-state index contributed by atoms with van der Waals surface area (Å²) in [7, 11) is 1.40. The van der Waals surface area contributed by atoms with Crippen LogP contribution in [-0.2, 0) is 12.4 Å². The molecular formula is C30H23F6N3O2. The van der Waals surface area contributed by atoms with E-state index in [1.807, 2.05) is 12.1 Å². The average Bonchev–Trinajstić information content (AvgIpc) is 3.46. The predicted octanol–water partition coefficient (Wildman–Crippen LogP) is 7.49. The van der Waals surface area contributed by atoms with Crippen LogP contribution in [0.5, 0.6) is 5.75 Å². The Kier molecular flexibility index (Phi) is 7.46. The lowest BCUT2D eigenvalue weighted by Gasteiger charge is -2.20. The standard InChI is InChI=1S/C30H23F6N3O2/c1-41-25-11-22(15-38-16-25)27-12-18(28(40)39-8-6-20(17-39)19-3-2-7-37-14-19)4-5-26(27)21-9-23(29(31,32)33)13-24(10-21)30(34,35)36/h2-5,7,9-16,20H,6,8,17H2,1H3. The number of aromatic nitrogens is 2. The number of nitrogens with zero attached hydrogens (tertiary/aromatic N) is 3. The Morgan fingerprint density at radius 1 is 0.854 bits per heavy atom. The normalized spacial score (nSPS) is 15.7. The third-order valence-electron chi connectivity index (χ3n) is 7.06. The SMILES string of the molecule is COc1cncc(-c2cc(C(=O)N3CCC(c4cccnc4)C3)ccc2-c2cc(C(F)(F)F)cc(C(F)(F)F)c2)c1. The Morgan fingerprint density at radius 2 is 1.59 bits per heavy atom. The molecular weight excluding hydrogens is 548 g/mol. The van der Waals surface area contributed by atoms with E-state index in [1.54, 1.807) is 23.4 Å². The highest BCUT2D eigenvalue weighted by atomic mass is 19.4. The Labute approximate surface area is 231 Å². The van der Waals surface area contributed by atoms with Crippen LogP contribution < -0.4 is 4.74 Å². The van der Waals surface area contributed by atoms with Gasteiger partial charge < -0.3 is 9.64 Å². The summed E-state index contributed by atoms with van der Waals surface area (Å²) in [5.41, 5.74) is -1.27. The highest BCUT2D eigenvalue weighted by Crippen LogP contribution is 2.41. The number of carbonyl (C=O) groups excluding carboxylic acids is 1. The molecule has 1 saturated heterocycles. The van der Waals surface area contributed by atoms with Gasteiger partial charge in [0.05, 0.1) is 24.4 Å². The monoisotopic (exact) mass is 571 g/mol. The third-order valence-corrected chi connectivity index (χ3v) is 7.06. The molecule has 0 radical (unpaired) electrons. The van der Waals surface area contributed by atoms with Crippen molar-refractivity contribution >= 4 is 5.91 Å². The lowest BCUT2D eigenvalue weighted by Crippen LogP contribution is -2.28. The Bertz CT molecular complexity index is 1540. The smallest absolute Gasteiger partial charge is 0.416 e. The van der Waals surface area contributed by atoms with Gasteiger partial charge in [-0.15, -0.1) is 0 Å². The van der Waals surface area contributed by atoms with Crippen molar-refractivity contribution in [2.24, 2.45) is 0 Å². The van der Waals surface area contributed by atoms with Crippen molar-refractivity contribution in [2.45, 2.75) is 24.7 Å². The van der Waals surface area contributed by atoms with Crippen LogP contribution in [0.3, 0.4) is 0 Å². The summed E-state index contributed by atoms with van der Waals surface area (Å²) >= 11 is 0. The predicted molar refractivity (Wildman–Crippen MR) is 139 cm³/mol. The molecule has 0 aliphatic carbocycles. The molecule has 0 saturated carbocycles. The molecule has 0 N–H and O–H groups in total. The van der Waals surface area contributed by atoms with Gasteiger partial charge in [-0.3, -0.25) is 14.8 Å². The van der Waals surface area contributed by atoms with Crippen molar-refractivity contribution in [2.75, 3.05) is 20.2 Å². The molecule has 1 aliphatic rings. The number of hydrogen-bond donors (Lipinski definition) is 0. The zero-order valence-corrected chi connectivity index (χ0v) is 21.6. The Balaban J connectivity index is 1.60. The highest BCUT2D eigenvalue weighted by Gasteiger charge is 2.37. The second-order valence-electron chi connectivity index (χ2n) is 9.69. The number of benzene rings is 2. The summed E-state index contributed by atoms with van der Waals surface area (Å²) in [5, 5.41) is 0. The summed E-state index contributed by atoms with van der Waals surface area (Å²) in [6.07, 6.45) is -3.05. The molecule has 2 aromatic carbocycles. The van der Waals surface area contributed by atoms with Crippen LogP contribution in [0.15, 0.2) is 79.4 Å². The first-order valence-corrected chi connectivity index (χ1v) is 12.6. The fourth-order valence-corrected chi connectivity index (χ4v) is 4.97. The zero-order valence-electron chi connectivity index (χ0n) is 21.6. The van der Waals surface area contributed by atoms with Crippen LogP contribution in [0.25, 0.3) is 22.3 Å². The lowest BCUT2D eigenvalue weighted by atomic mass is 9.91. The zero-order chi connectivity index (χ0) is 29.4. The number of methoxy groups -OCH3 is 1. The molecule has 1 fully saturated rings. The average molecular weight is 572 g/mol. The van der Waals surface area contributed by atoms with E-state index in [0.717, 1.165) is 12.0 Å². The molecule has 1 atom stereocenters. The van der Waals surface area contributed by atoms with E-state index >= 15 is 0 Å². The van der Waals surface area contributed by atoms with E-state index in [-0.39, 0.29) is 40.1 Å². The molecule has 4 aromatic rings. The van der Waals surface area contributed by atoms with Crippen molar-refractivity contribution in [1.82, 2.24) is 14.9 Å². The van der Waals surface area contributed by atoms with Gasteiger partial charge in [-0.1, -0.05) is 12.1 Å². The maximum absolute atomic E-state index is 13.6. The van der Waals surface area contributed by atoms with Gasteiger partial charge >= 0.3 is 12.4 Å². The van der Waals surface area contributed by atoms with Gasteiger partial charge in [0.15, 0.2) is 0 Å². The van der Waals surface area contributed by atoms with Crippen molar-refractivity contribution in [3.8, 4) is 28.0 Å². The second-order valence-corrected chi connectivity index (χ2v) is 9.69. The highest BCUT2D eigenvalue weighted by molar-refractivity contribution is 5.98. The van der Waals surface area contributed by atoms with E-state index in [2.05, 4.69) is 9.97 Å². The van der Waals surface area contributed by atoms with Gasteiger partial charge in [0, 0.05) is 48.7 Å². The van der Waals surface area contributed by atoms with E-state index in [9.17, 15) is 31.1 Å². The molecule has 212 valence electrons. The Hall–Kier alpha value is -4.41. The van der Waals surface area contributed by atoms with Crippen molar-refractivity contribution in [1.29, 1.82) is 0 Å². The minimum absolute atomic E-state index is 0.0721. The van der Waals surface area contributed by atoms with Crippen molar-refractivity contribution in [3.05, 3.63) is 102 Å². The van der Waals surface area contributed by atoms with E-state index < -0.39 is 23.5 Å². The molecule has 0 bridgehead atoms. The molecule has 3 heterocycles. The molecule has 5 rings (SSSR count). The van der Waals surface area contributed by atoms with Gasteiger partial charge in [0.25, 0.3) is 5.91 Å². The number of carbonyl (C=O) groups is 1. The molecule has 11 heteroatoms. The molecule has 0 spiro atoms. The number of amides is 1. The van der Waals surface area contributed by atoms with Gasteiger partial charge in [-0.25, -0.2) is 0 Å². The maximum Gasteiger partial charge on any atom is 0.416 e. The van der Waals surface area contributed by atoms with Crippen LogP contribution in [0, 0.1) is 0 Å². The largest absolute Gasteiger partial charge is 0.495 e. The van der Waals surface area contributed by atoms with Crippen molar-refractivity contribution in [3.63, 3.8) is 0 Å². The summed E-state index contributed by atoms with van der Waals surface area (Å²) < 4.78 is 87.0. The summed E-state index contributed by atoms with van der Waals surface area (Å²) in [6.45, 7) is 0.934. The van der Waals surface area contributed by atoms with E-state index in [4.69, 9.17) is 4.74 Å². The van der Waals surface area contributed by atoms with Crippen LogP contribution >= 0.6 is 0 Å². The first kappa shape index (κ1) is 28.1. The molecule has 1 amide bonds. The Morgan fingerprint density at radius 3 is 2.22 bits per heavy atom. The summed E-state index contributed by atoms with van der Waals surface area (Å²) in [6, 6.07) is 11.0. The minimum atomic E-state index is -5.01. The number of hydrogen-bond acceptors (Lipinski definition) is 4. The number of ether oxygens (including phenoxy) is 1. The number of pyridine rings is 2. The van der Waals surface area contributed by atoms with Crippen molar-refractivity contribution < 1.29 is 35.9 Å². The fourth-order valence-electron chi connectivity index (χ4n) is 4.97. The molecule has 1 unspecified atom stereocenters. The molecule has 1 aliphatic heterocycles. The second kappa shape index (κ2) is 10.9. The molecule has 5 nitrogen and oxygen atoms in total. The van der Waals surface area contributed by atoms with Gasteiger partial charge in [-0.05, 0) is 71.1 Å². The number of likely N-dealkylation sites (tertiary alicyclic amines) is 1. The minimum Gasteiger partial charge on any atom is -0.495 e. The van der Waals surface area contributed by atoms with Crippen LogP contribution in [0.2, 0.25) is 0 Å². The summed E-state index contributed by atoms with van der Waals surface area (Å²) in [5.74, 6) is 0.115. The van der Waals surface area contributed by atoms with E-state index in [0.29, 0.717) is 36.5 Å². The van der Waals surface area contributed by atoms with Gasteiger partial charge in [0.1, 0.15) is 5.75 Å². The third kappa shape index (κ3) is 6.03. The number of halogens is 6. The molecule has 2 aromatic heterocycles. The topological polar surface area (TPSA) is 55.3 Å². The number of rotatable bonds is 5. The maximum atomic E-state index is 13.6. The fraction of sp³-hybridized carbons (Fsp3) is 0.233. The van der Waals surface area contributed by atoms with Crippen LogP contribution in [-0.4, -0.2) is 41.0 Å². The summed E-state index contributed by atoms with van der Waals surface area (Å²) in [4.78, 5) is 23.4. The van der Waals surface area contributed by atoms with E-state index in [1.165, 1.54) is 37.7 Å². The first-order valence-electron chi connectivity index (χ1n) is 12.6. The van der Waals surface area contributed by atoms with Crippen LogP contribution in [0.1, 0.15) is 39.4 Å². The van der Waals surface area contributed by atoms with Gasteiger partial charge in [0.2, 0.25) is 0 Å². The lowest BCUT2D eigenvalue weighted by molar-refractivity contribution is -0.143. The number of alkyl halides is 6. The quantitative estimate of drug-likeness (QED) is 0.233. The molecule has 41 heavy (non-hydrogen) atoms. The van der Waals surface area contributed by atoms with Gasteiger partial charge in [-0.2, -0.15) is 26.3 Å². The first-order chi connectivity index (χ1) is 19.4. The van der Waals surface area contributed by atoms with Crippen LogP contribution in [0.4, 0.5) is 26.3 Å².